The van der Waals surface area contributed by atoms with Gasteiger partial charge in [0.2, 0.25) is 0 Å². The standard InChI is InChI=1S/C15H17Cl2NO/c16-14(17)15(19)18(13-9-5-2-6-10-13)11-12-7-3-1-4-8-12/h1,3-5,7-9,13-14H,2,6,10-11H2. The van der Waals surface area contributed by atoms with Gasteiger partial charge in [0.1, 0.15) is 0 Å². The van der Waals surface area contributed by atoms with Gasteiger partial charge in [0.25, 0.3) is 5.91 Å². The molecule has 1 amide bonds. The molecule has 19 heavy (non-hydrogen) atoms. The van der Waals surface area contributed by atoms with Crippen molar-refractivity contribution in [1.82, 2.24) is 4.90 Å². The predicted octanol–water partition coefficient (Wildman–Crippen LogP) is 3.93. The van der Waals surface area contributed by atoms with E-state index in [1.54, 1.807) is 4.90 Å². The molecule has 1 aliphatic rings. The maximum Gasteiger partial charge on any atom is 0.256 e. The zero-order valence-electron chi connectivity index (χ0n) is 10.6. The SMILES string of the molecule is O=C(C(Cl)Cl)N(Cc1ccccc1)C1C=CCCC1. The topological polar surface area (TPSA) is 20.3 Å². The van der Waals surface area contributed by atoms with E-state index in [2.05, 4.69) is 12.2 Å². The van der Waals surface area contributed by atoms with Gasteiger partial charge >= 0.3 is 0 Å². The van der Waals surface area contributed by atoms with Crippen molar-refractivity contribution in [3.05, 3.63) is 48.0 Å². The number of halogens is 2. The summed E-state index contributed by atoms with van der Waals surface area (Å²) in [6.45, 7) is 0.546. The van der Waals surface area contributed by atoms with Gasteiger partial charge in [-0.15, -0.1) is 0 Å². The van der Waals surface area contributed by atoms with Gasteiger partial charge < -0.3 is 4.90 Å². The predicted molar refractivity (Wildman–Crippen MR) is 79.3 cm³/mol. The zero-order chi connectivity index (χ0) is 13.7. The second-order valence-electron chi connectivity index (χ2n) is 4.68. The van der Waals surface area contributed by atoms with Crippen molar-refractivity contribution in [2.45, 2.75) is 36.7 Å². The molecule has 0 N–H and O–H groups in total. The Bertz CT molecular complexity index is 445. The second-order valence-corrected chi connectivity index (χ2v) is 5.78. The number of hydrogen-bond donors (Lipinski definition) is 0. The minimum atomic E-state index is -1.00. The molecule has 4 heteroatoms. The van der Waals surface area contributed by atoms with E-state index >= 15 is 0 Å². The summed E-state index contributed by atoms with van der Waals surface area (Å²) in [6, 6.07) is 10.00. The molecule has 0 radical (unpaired) electrons. The summed E-state index contributed by atoms with van der Waals surface area (Å²) in [5.74, 6) is -0.219. The van der Waals surface area contributed by atoms with Crippen molar-refractivity contribution in [1.29, 1.82) is 0 Å². The number of nitrogens with zero attached hydrogens (tertiary/aromatic N) is 1. The molecule has 0 heterocycles. The summed E-state index contributed by atoms with van der Waals surface area (Å²) >= 11 is 11.5. The van der Waals surface area contributed by atoms with Gasteiger partial charge in [-0.3, -0.25) is 4.79 Å². The normalized spacial score (nSPS) is 18.6. The Morgan fingerprint density at radius 1 is 1.32 bits per heavy atom. The maximum absolute atomic E-state index is 12.2. The number of allylic oxidation sites excluding steroid dienone is 1. The molecule has 0 saturated carbocycles. The van der Waals surface area contributed by atoms with Crippen LogP contribution in [0.3, 0.4) is 0 Å². The fraction of sp³-hybridized carbons (Fsp3) is 0.400. The minimum absolute atomic E-state index is 0.0986. The van der Waals surface area contributed by atoms with Crippen LogP contribution in [-0.2, 0) is 11.3 Å². The Morgan fingerprint density at radius 2 is 2.05 bits per heavy atom. The van der Waals surface area contributed by atoms with Gasteiger partial charge in [-0.25, -0.2) is 0 Å². The molecule has 102 valence electrons. The summed E-state index contributed by atoms with van der Waals surface area (Å²) in [6.07, 6.45) is 7.34. The molecule has 0 aromatic heterocycles. The van der Waals surface area contributed by atoms with Gasteiger partial charge in [0, 0.05) is 6.54 Å². The van der Waals surface area contributed by atoms with Crippen LogP contribution in [0.25, 0.3) is 0 Å². The summed E-state index contributed by atoms with van der Waals surface area (Å²) in [7, 11) is 0. The average molecular weight is 298 g/mol. The lowest BCUT2D eigenvalue weighted by Gasteiger charge is -2.32. The largest absolute Gasteiger partial charge is 0.330 e. The lowest BCUT2D eigenvalue weighted by Crippen LogP contribution is -2.42. The van der Waals surface area contributed by atoms with Crippen molar-refractivity contribution in [2.75, 3.05) is 0 Å². The van der Waals surface area contributed by atoms with Crippen LogP contribution in [0.15, 0.2) is 42.5 Å². The molecular formula is C15H17Cl2NO. The highest BCUT2D eigenvalue weighted by atomic mass is 35.5. The van der Waals surface area contributed by atoms with Gasteiger partial charge in [-0.2, -0.15) is 0 Å². The fourth-order valence-corrected chi connectivity index (χ4v) is 2.57. The van der Waals surface area contributed by atoms with E-state index in [-0.39, 0.29) is 11.9 Å². The third-order valence-corrected chi connectivity index (χ3v) is 3.67. The van der Waals surface area contributed by atoms with Crippen molar-refractivity contribution < 1.29 is 4.79 Å². The van der Waals surface area contributed by atoms with E-state index in [1.165, 1.54) is 0 Å². The number of amides is 1. The molecular weight excluding hydrogens is 281 g/mol. The lowest BCUT2D eigenvalue weighted by molar-refractivity contribution is -0.131. The van der Waals surface area contributed by atoms with Crippen molar-refractivity contribution >= 4 is 29.1 Å². The van der Waals surface area contributed by atoms with Crippen LogP contribution in [0.1, 0.15) is 24.8 Å². The average Bonchev–Trinajstić information content (AvgIpc) is 2.46. The van der Waals surface area contributed by atoms with Crippen molar-refractivity contribution in [2.24, 2.45) is 0 Å². The number of carbonyl (C=O) groups is 1. The molecule has 1 aromatic carbocycles. The monoisotopic (exact) mass is 297 g/mol. The van der Waals surface area contributed by atoms with Crippen molar-refractivity contribution in [3.63, 3.8) is 0 Å². The van der Waals surface area contributed by atoms with E-state index in [0.29, 0.717) is 6.54 Å². The first-order valence-electron chi connectivity index (χ1n) is 6.47. The van der Waals surface area contributed by atoms with Gasteiger partial charge in [0.05, 0.1) is 6.04 Å². The van der Waals surface area contributed by atoms with Gasteiger partial charge in [0.15, 0.2) is 4.84 Å². The summed E-state index contributed by atoms with van der Waals surface area (Å²) in [5.41, 5.74) is 1.09. The number of benzene rings is 1. The van der Waals surface area contributed by atoms with Crippen LogP contribution in [0.2, 0.25) is 0 Å². The van der Waals surface area contributed by atoms with Crippen LogP contribution in [0.4, 0.5) is 0 Å². The molecule has 2 rings (SSSR count). The molecule has 1 atom stereocenters. The second kappa shape index (κ2) is 6.97. The molecule has 0 saturated heterocycles. The number of carbonyl (C=O) groups excluding carboxylic acids is 1. The molecule has 0 spiro atoms. The van der Waals surface area contributed by atoms with Gasteiger partial charge in [-0.1, -0.05) is 65.7 Å². The molecule has 1 aromatic rings. The van der Waals surface area contributed by atoms with Crippen LogP contribution in [0.5, 0.6) is 0 Å². The fourth-order valence-electron chi connectivity index (χ4n) is 2.32. The Kier molecular flexibility index (Phi) is 5.29. The third kappa shape index (κ3) is 3.99. The van der Waals surface area contributed by atoms with Crippen LogP contribution < -0.4 is 0 Å². The molecule has 0 fully saturated rings. The summed E-state index contributed by atoms with van der Waals surface area (Å²) < 4.78 is 0. The lowest BCUT2D eigenvalue weighted by atomic mass is 10.0. The number of alkyl halides is 2. The summed E-state index contributed by atoms with van der Waals surface area (Å²) in [4.78, 5) is 12.9. The number of rotatable bonds is 4. The number of hydrogen-bond acceptors (Lipinski definition) is 1. The van der Waals surface area contributed by atoms with E-state index in [0.717, 1.165) is 24.8 Å². The maximum atomic E-state index is 12.2. The van der Waals surface area contributed by atoms with E-state index in [4.69, 9.17) is 23.2 Å². The highest BCUT2D eigenvalue weighted by molar-refractivity contribution is 6.53. The molecule has 1 aliphatic carbocycles. The third-order valence-electron chi connectivity index (χ3n) is 3.29. The first-order chi connectivity index (χ1) is 9.18. The molecule has 2 nitrogen and oxygen atoms in total. The quantitative estimate of drug-likeness (QED) is 0.609. The zero-order valence-corrected chi connectivity index (χ0v) is 12.1. The molecule has 1 unspecified atom stereocenters. The Labute approximate surface area is 124 Å². The van der Waals surface area contributed by atoms with Crippen LogP contribution >= 0.6 is 23.2 Å². The Hall–Kier alpha value is -0.990. The Morgan fingerprint density at radius 3 is 2.63 bits per heavy atom. The van der Waals surface area contributed by atoms with Crippen LogP contribution in [0, 0.1) is 0 Å². The van der Waals surface area contributed by atoms with E-state index < -0.39 is 4.84 Å². The molecule has 0 aliphatic heterocycles. The van der Waals surface area contributed by atoms with Crippen molar-refractivity contribution in [3.8, 4) is 0 Å². The minimum Gasteiger partial charge on any atom is -0.330 e. The molecule has 0 bridgehead atoms. The first kappa shape index (κ1) is 14.4. The highest BCUT2D eigenvalue weighted by Crippen LogP contribution is 2.21. The Balaban J connectivity index is 2.16. The summed E-state index contributed by atoms with van der Waals surface area (Å²) in [5, 5.41) is 0. The van der Waals surface area contributed by atoms with E-state index in [9.17, 15) is 4.79 Å². The van der Waals surface area contributed by atoms with Crippen LogP contribution in [-0.4, -0.2) is 21.7 Å². The highest BCUT2D eigenvalue weighted by Gasteiger charge is 2.26. The van der Waals surface area contributed by atoms with E-state index in [1.807, 2.05) is 30.3 Å². The van der Waals surface area contributed by atoms with Gasteiger partial charge in [-0.05, 0) is 24.8 Å². The smallest absolute Gasteiger partial charge is 0.256 e. The first-order valence-corrected chi connectivity index (χ1v) is 7.35.